The van der Waals surface area contributed by atoms with Gasteiger partial charge in [-0.15, -0.1) is 0 Å². The maximum absolute atomic E-state index is 12.7. The van der Waals surface area contributed by atoms with E-state index < -0.39 is 22.4 Å². The molecule has 8 heteroatoms. The quantitative estimate of drug-likeness (QED) is 0.308. The van der Waals surface area contributed by atoms with Gasteiger partial charge in [-0.25, -0.2) is 4.79 Å². The van der Waals surface area contributed by atoms with Gasteiger partial charge in [0, 0.05) is 17.7 Å². The molecule has 1 amide bonds. The molecule has 0 atom stereocenters. The predicted octanol–water partition coefficient (Wildman–Crippen LogP) is 5.59. The Balaban J connectivity index is 1.94. The van der Waals surface area contributed by atoms with E-state index >= 15 is 0 Å². The number of rotatable bonds is 6. The summed E-state index contributed by atoms with van der Waals surface area (Å²) in [7, 11) is 0. The van der Waals surface area contributed by atoms with Crippen LogP contribution in [0.2, 0.25) is 0 Å². The van der Waals surface area contributed by atoms with Gasteiger partial charge >= 0.3 is 5.97 Å². The zero-order chi connectivity index (χ0) is 23.3. The molecule has 0 radical (unpaired) electrons. The molecule has 164 valence electrons. The molecule has 0 saturated carbocycles. The third-order valence-electron chi connectivity index (χ3n) is 4.16. The van der Waals surface area contributed by atoms with E-state index in [-0.39, 0.29) is 28.4 Å². The third kappa shape index (κ3) is 5.91. The van der Waals surface area contributed by atoms with Gasteiger partial charge < -0.3 is 14.8 Å². The first kappa shape index (κ1) is 22.5. The molecular weight excluding hydrogens is 412 g/mol. The number of benzene rings is 3. The summed E-state index contributed by atoms with van der Waals surface area (Å²) in [6, 6.07) is 18.7. The number of nitro groups is 1. The van der Waals surface area contributed by atoms with Crippen LogP contribution in [-0.2, 0) is 4.74 Å². The van der Waals surface area contributed by atoms with Crippen LogP contribution in [0.3, 0.4) is 0 Å². The van der Waals surface area contributed by atoms with Gasteiger partial charge in [-0.2, -0.15) is 0 Å². The van der Waals surface area contributed by atoms with E-state index in [9.17, 15) is 19.7 Å². The van der Waals surface area contributed by atoms with Crippen molar-refractivity contribution in [1.29, 1.82) is 0 Å². The number of non-ortho nitro benzene ring substituents is 1. The number of ether oxygens (including phenoxy) is 2. The van der Waals surface area contributed by atoms with Crippen molar-refractivity contribution in [1.82, 2.24) is 0 Å². The van der Waals surface area contributed by atoms with Gasteiger partial charge in [0.1, 0.15) is 17.1 Å². The fourth-order valence-electron chi connectivity index (χ4n) is 2.78. The van der Waals surface area contributed by atoms with Gasteiger partial charge in [-0.1, -0.05) is 24.3 Å². The lowest BCUT2D eigenvalue weighted by Gasteiger charge is -2.21. The number of nitro benzene ring substituents is 1. The monoisotopic (exact) mass is 434 g/mol. The summed E-state index contributed by atoms with van der Waals surface area (Å²) in [6.45, 7) is 5.23. The maximum Gasteiger partial charge on any atom is 0.340 e. The van der Waals surface area contributed by atoms with Gasteiger partial charge in [0.15, 0.2) is 0 Å². The summed E-state index contributed by atoms with van der Waals surface area (Å²) in [6.07, 6.45) is 0. The number of carbonyl (C=O) groups excluding carboxylic acids is 2. The molecule has 0 aliphatic heterocycles. The molecule has 0 aromatic heterocycles. The number of hydrogen-bond acceptors (Lipinski definition) is 6. The van der Waals surface area contributed by atoms with Crippen molar-refractivity contribution in [2.24, 2.45) is 0 Å². The second kappa shape index (κ2) is 9.30. The van der Waals surface area contributed by atoms with E-state index in [0.717, 1.165) is 0 Å². The number of esters is 1. The van der Waals surface area contributed by atoms with E-state index in [1.165, 1.54) is 36.4 Å². The van der Waals surface area contributed by atoms with Crippen LogP contribution in [0.1, 0.15) is 41.5 Å². The van der Waals surface area contributed by atoms with Crippen molar-refractivity contribution < 1.29 is 24.0 Å². The number of nitrogens with one attached hydrogen (secondary N) is 1. The molecule has 0 heterocycles. The maximum atomic E-state index is 12.7. The third-order valence-corrected chi connectivity index (χ3v) is 4.16. The highest BCUT2D eigenvalue weighted by Gasteiger charge is 2.22. The van der Waals surface area contributed by atoms with Crippen molar-refractivity contribution in [3.05, 3.63) is 94.0 Å². The fourth-order valence-corrected chi connectivity index (χ4v) is 2.78. The minimum Gasteiger partial charge on any atom is -0.457 e. The lowest BCUT2D eigenvalue weighted by Crippen LogP contribution is -2.25. The molecule has 0 aliphatic rings. The van der Waals surface area contributed by atoms with Gasteiger partial charge in [-0.05, 0) is 51.1 Å². The summed E-state index contributed by atoms with van der Waals surface area (Å²) < 4.78 is 11.2. The number of carbonyl (C=O) groups is 2. The second-order valence-electron chi connectivity index (χ2n) is 7.89. The molecule has 0 unspecified atom stereocenters. The summed E-state index contributed by atoms with van der Waals surface area (Å²) in [5.74, 6) is -0.503. The first-order chi connectivity index (χ1) is 15.1. The Kier molecular flexibility index (Phi) is 6.53. The van der Waals surface area contributed by atoms with E-state index in [2.05, 4.69) is 5.32 Å². The first-order valence-corrected chi connectivity index (χ1v) is 9.78. The highest BCUT2D eigenvalue weighted by atomic mass is 16.6. The van der Waals surface area contributed by atoms with Crippen molar-refractivity contribution in [2.75, 3.05) is 5.32 Å². The van der Waals surface area contributed by atoms with E-state index in [0.29, 0.717) is 5.56 Å². The van der Waals surface area contributed by atoms with Crippen LogP contribution < -0.4 is 10.1 Å². The van der Waals surface area contributed by atoms with Crippen LogP contribution >= 0.6 is 0 Å². The topological polar surface area (TPSA) is 108 Å². The zero-order valence-corrected chi connectivity index (χ0v) is 17.8. The molecule has 0 saturated heterocycles. The first-order valence-electron chi connectivity index (χ1n) is 9.78. The van der Waals surface area contributed by atoms with E-state index in [1.54, 1.807) is 57.2 Å². The van der Waals surface area contributed by atoms with Crippen LogP contribution in [0.5, 0.6) is 11.5 Å². The van der Waals surface area contributed by atoms with Gasteiger partial charge in [0.05, 0.1) is 22.2 Å². The number of nitrogens with zero attached hydrogens (tertiary/aromatic N) is 1. The Morgan fingerprint density at radius 3 is 2.25 bits per heavy atom. The summed E-state index contributed by atoms with van der Waals surface area (Å²) in [5, 5.41) is 13.7. The van der Waals surface area contributed by atoms with Crippen LogP contribution in [-0.4, -0.2) is 22.4 Å². The largest absolute Gasteiger partial charge is 0.457 e. The van der Waals surface area contributed by atoms with Gasteiger partial charge in [-0.3, -0.25) is 14.9 Å². The summed E-state index contributed by atoms with van der Waals surface area (Å²) in [4.78, 5) is 35.9. The molecule has 0 bridgehead atoms. The molecule has 0 aliphatic carbocycles. The van der Waals surface area contributed by atoms with Crippen LogP contribution in [0.15, 0.2) is 72.8 Å². The lowest BCUT2D eigenvalue weighted by molar-refractivity contribution is -0.384. The van der Waals surface area contributed by atoms with Gasteiger partial charge in [0.2, 0.25) is 0 Å². The predicted molar refractivity (Wildman–Crippen MR) is 119 cm³/mol. The number of amides is 1. The SMILES string of the molecule is CC(C)(C)OC(=O)c1ccc(Oc2cccc([N+](=O)[O-])c2)cc1NC(=O)c1ccccc1. The minimum absolute atomic E-state index is 0.120. The highest BCUT2D eigenvalue weighted by Crippen LogP contribution is 2.30. The Hall–Kier alpha value is -4.20. The average Bonchev–Trinajstić information content (AvgIpc) is 2.73. The summed E-state index contributed by atoms with van der Waals surface area (Å²) in [5.41, 5.74) is -0.0968. The Morgan fingerprint density at radius 2 is 1.59 bits per heavy atom. The van der Waals surface area contributed by atoms with Crippen molar-refractivity contribution in [3.63, 3.8) is 0 Å². The summed E-state index contributed by atoms with van der Waals surface area (Å²) >= 11 is 0. The van der Waals surface area contributed by atoms with Crippen LogP contribution in [0.4, 0.5) is 11.4 Å². The molecule has 1 N–H and O–H groups in total. The molecule has 0 fully saturated rings. The Bertz CT molecular complexity index is 1150. The number of anilines is 1. The van der Waals surface area contributed by atoms with Crippen molar-refractivity contribution in [3.8, 4) is 11.5 Å². The molecule has 3 aromatic rings. The van der Waals surface area contributed by atoms with Crippen molar-refractivity contribution in [2.45, 2.75) is 26.4 Å². The zero-order valence-electron chi connectivity index (χ0n) is 17.8. The van der Waals surface area contributed by atoms with Crippen molar-refractivity contribution >= 4 is 23.3 Å². The van der Waals surface area contributed by atoms with Gasteiger partial charge in [0.25, 0.3) is 11.6 Å². The average molecular weight is 434 g/mol. The number of hydrogen-bond donors (Lipinski definition) is 1. The van der Waals surface area contributed by atoms with Crippen LogP contribution in [0, 0.1) is 10.1 Å². The molecule has 0 spiro atoms. The normalized spacial score (nSPS) is 10.8. The standard InChI is InChI=1S/C24H22N2O6/c1-24(2,3)32-23(28)20-13-12-19(31-18-11-7-10-17(14-18)26(29)30)15-21(20)25-22(27)16-8-5-4-6-9-16/h4-15H,1-3H3,(H,25,27). The smallest absolute Gasteiger partial charge is 0.340 e. The molecule has 8 nitrogen and oxygen atoms in total. The second-order valence-corrected chi connectivity index (χ2v) is 7.89. The minimum atomic E-state index is -0.726. The van der Waals surface area contributed by atoms with Crippen LogP contribution in [0.25, 0.3) is 0 Å². The molecule has 32 heavy (non-hydrogen) atoms. The van der Waals surface area contributed by atoms with E-state index in [4.69, 9.17) is 9.47 Å². The Morgan fingerprint density at radius 1 is 0.906 bits per heavy atom. The Labute approximate surface area is 184 Å². The molecular formula is C24H22N2O6. The highest BCUT2D eigenvalue weighted by molar-refractivity contribution is 6.08. The molecule has 3 aromatic carbocycles. The lowest BCUT2D eigenvalue weighted by atomic mass is 10.1. The molecule has 3 rings (SSSR count). The fraction of sp³-hybridized carbons (Fsp3) is 0.167. The van der Waals surface area contributed by atoms with E-state index in [1.807, 2.05) is 0 Å².